The normalized spacial score (nSPS) is 21.6. The highest BCUT2D eigenvalue weighted by molar-refractivity contribution is 5.74. The number of rotatable bonds is 5. The molecule has 1 aromatic carbocycles. The molecule has 1 aromatic rings. The van der Waals surface area contributed by atoms with Gasteiger partial charge in [0.2, 0.25) is 0 Å². The van der Waals surface area contributed by atoms with Crippen LogP contribution in [0.15, 0.2) is 24.3 Å². The van der Waals surface area contributed by atoms with E-state index in [4.69, 9.17) is 4.74 Å². The van der Waals surface area contributed by atoms with Crippen LogP contribution in [0.1, 0.15) is 44.9 Å². The molecule has 5 nitrogen and oxygen atoms in total. The number of carbonyl (C=O) groups is 1. The first-order valence-corrected chi connectivity index (χ1v) is 9.68. The maximum absolute atomic E-state index is 12.2. The summed E-state index contributed by atoms with van der Waals surface area (Å²) in [7, 11) is 1.70. The summed E-state index contributed by atoms with van der Waals surface area (Å²) in [6, 6.07) is 8.56. The summed E-state index contributed by atoms with van der Waals surface area (Å²) >= 11 is 0. The maximum Gasteiger partial charge on any atom is 0.315 e. The average molecular weight is 345 g/mol. The van der Waals surface area contributed by atoms with Crippen molar-refractivity contribution in [2.75, 3.05) is 31.6 Å². The van der Waals surface area contributed by atoms with Gasteiger partial charge in [0, 0.05) is 37.4 Å². The molecule has 138 valence electrons. The molecule has 2 N–H and O–H groups in total. The van der Waals surface area contributed by atoms with E-state index in [9.17, 15) is 4.79 Å². The van der Waals surface area contributed by atoms with Gasteiger partial charge in [-0.3, -0.25) is 0 Å². The lowest BCUT2D eigenvalue weighted by Crippen LogP contribution is -2.43. The Morgan fingerprint density at radius 2 is 2.00 bits per heavy atom. The van der Waals surface area contributed by atoms with E-state index in [0.717, 1.165) is 44.6 Å². The molecule has 1 saturated carbocycles. The van der Waals surface area contributed by atoms with Gasteiger partial charge in [0.05, 0.1) is 7.11 Å². The first kappa shape index (κ1) is 17.9. The summed E-state index contributed by atoms with van der Waals surface area (Å²) < 4.78 is 5.31. The highest BCUT2D eigenvalue weighted by Gasteiger charge is 2.23. The SMILES string of the molecule is COc1cccc(N2CCC(CNC(=O)NC3CCCCCC3)C2)c1. The van der Waals surface area contributed by atoms with Crippen molar-refractivity contribution in [3.63, 3.8) is 0 Å². The molecule has 1 atom stereocenters. The van der Waals surface area contributed by atoms with Gasteiger partial charge in [0.25, 0.3) is 0 Å². The van der Waals surface area contributed by atoms with Crippen molar-refractivity contribution < 1.29 is 9.53 Å². The monoisotopic (exact) mass is 345 g/mol. The summed E-state index contributed by atoms with van der Waals surface area (Å²) in [6.07, 6.45) is 8.46. The molecule has 25 heavy (non-hydrogen) atoms. The Morgan fingerprint density at radius 3 is 2.76 bits per heavy atom. The number of anilines is 1. The lowest BCUT2D eigenvalue weighted by molar-refractivity contribution is 0.234. The van der Waals surface area contributed by atoms with Crippen molar-refractivity contribution in [3.8, 4) is 5.75 Å². The summed E-state index contributed by atoms with van der Waals surface area (Å²) in [5.41, 5.74) is 1.20. The predicted octanol–water partition coefficient (Wildman–Crippen LogP) is 3.54. The quantitative estimate of drug-likeness (QED) is 0.803. The minimum atomic E-state index is 0.00623. The van der Waals surface area contributed by atoms with Crippen LogP contribution in [-0.4, -0.2) is 38.8 Å². The number of methoxy groups -OCH3 is 1. The molecular weight excluding hydrogens is 314 g/mol. The molecule has 0 spiro atoms. The lowest BCUT2D eigenvalue weighted by atomic mass is 10.1. The third-order valence-corrected chi connectivity index (χ3v) is 5.45. The molecule has 1 heterocycles. The van der Waals surface area contributed by atoms with Gasteiger partial charge in [-0.15, -0.1) is 0 Å². The van der Waals surface area contributed by atoms with Crippen LogP contribution in [0.5, 0.6) is 5.75 Å². The van der Waals surface area contributed by atoms with Crippen molar-refractivity contribution in [3.05, 3.63) is 24.3 Å². The van der Waals surface area contributed by atoms with Crippen molar-refractivity contribution in [2.24, 2.45) is 5.92 Å². The van der Waals surface area contributed by atoms with Gasteiger partial charge in [0.1, 0.15) is 5.75 Å². The smallest absolute Gasteiger partial charge is 0.315 e. The molecule has 5 heteroatoms. The van der Waals surface area contributed by atoms with E-state index in [0.29, 0.717) is 12.0 Å². The zero-order valence-electron chi connectivity index (χ0n) is 15.3. The number of nitrogens with zero attached hydrogens (tertiary/aromatic N) is 1. The fourth-order valence-electron chi connectivity index (χ4n) is 3.94. The average Bonchev–Trinajstić information content (AvgIpc) is 2.97. The number of hydrogen-bond acceptors (Lipinski definition) is 3. The molecule has 3 rings (SSSR count). The fraction of sp³-hybridized carbons (Fsp3) is 0.650. The Balaban J connectivity index is 1.41. The molecule has 1 unspecified atom stereocenters. The number of urea groups is 1. The highest BCUT2D eigenvalue weighted by Crippen LogP contribution is 2.26. The third kappa shape index (κ3) is 5.28. The Labute approximate surface area is 151 Å². The molecule has 1 aliphatic carbocycles. The van der Waals surface area contributed by atoms with Crippen molar-refractivity contribution in [1.82, 2.24) is 10.6 Å². The van der Waals surface area contributed by atoms with Gasteiger partial charge in [-0.05, 0) is 37.3 Å². The van der Waals surface area contributed by atoms with Crippen LogP contribution >= 0.6 is 0 Å². The molecule has 2 aliphatic rings. The number of hydrogen-bond donors (Lipinski definition) is 2. The molecule has 0 radical (unpaired) electrons. The summed E-state index contributed by atoms with van der Waals surface area (Å²) in [5, 5.41) is 6.25. The van der Waals surface area contributed by atoms with Crippen LogP contribution in [0.2, 0.25) is 0 Å². The van der Waals surface area contributed by atoms with E-state index < -0.39 is 0 Å². The number of nitrogens with one attached hydrogen (secondary N) is 2. The van der Waals surface area contributed by atoms with Crippen LogP contribution in [0.4, 0.5) is 10.5 Å². The van der Waals surface area contributed by atoms with Crippen molar-refractivity contribution >= 4 is 11.7 Å². The van der Waals surface area contributed by atoms with Gasteiger partial charge in [-0.2, -0.15) is 0 Å². The van der Waals surface area contributed by atoms with E-state index in [1.165, 1.54) is 31.4 Å². The van der Waals surface area contributed by atoms with Crippen LogP contribution in [0, 0.1) is 5.92 Å². The molecular formula is C20H31N3O2. The van der Waals surface area contributed by atoms with Gasteiger partial charge >= 0.3 is 6.03 Å². The maximum atomic E-state index is 12.2. The first-order valence-electron chi connectivity index (χ1n) is 9.68. The topological polar surface area (TPSA) is 53.6 Å². The van der Waals surface area contributed by atoms with Crippen LogP contribution in [0.3, 0.4) is 0 Å². The van der Waals surface area contributed by atoms with Crippen LogP contribution < -0.4 is 20.3 Å². The van der Waals surface area contributed by atoms with Crippen molar-refractivity contribution in [2.45, 2.75) is 51.0 Å². The van der Waals surface area contributed by atoms with Crippen molar-refractivity contribution in [1.29, 1.82) is 0 Å². The lowest BCUT2D eigenvalue weighted by Gasteiger charge is -2.20. The zero-order valence-corrected chi connectivity index (χ0v) is 15.3. The molecule has 2 amide bonds. The number of ether oxygens (including phenoxy) is 1. The van der Waals surface area contributed by atoms with Gasteiger partial charge < -0.3 is 20.3 Å². The molecule has 0 bridgehead atoms. The van der Waals surface area contributed by atoms with E-state index in [-0.39, 0.29) is 6.03 Å². The Hall–Kier alpha value is -1.91. The van der Waals surface area contributed by atoms with E-state index in [2.05, 4.69) is 27.7 Å². The van der Waals surface area contributed by atoms with E-state index >= 15 is 0 Å². The highest BCUT2D eigenvalue weighted by atomic mass is 16.5. The van der Waals surface area contributed by atoms with Gasteiger partial charge in [-0.1, -0.05) is 31.7 Å². The number of benzene rings is 1. The summed E-state index contributed by atoms with van der Waals surface area (Å²) in [4.78, 5) is 14.5. The van der Waals surface area contributed by atoms with Crippen LogP contribution in [0.25, 0.3) is 0 Å². The largest absolute Gasteiger partial charge is 0.497 e. The number of amides is 2. The van der Waals surface area contributed by atoms with Gasteiger partial charge in [0.15, 0.2) is 0 Å². The zero-order chi connectivity index (χ0) is 17.5. The first-order chi connectivity index (χ1) is 12.2. The molecule has 2 fully saturated rings. The minimum absolute atomic E-state index is 0.00623. The Kier molecular flexibility index (Phi) is 6.42. The third-order valence-electron chi connectivity index (χ3n) is 5.45. The number of carbonyl (C=O) groups excluding carboxylic acids is 1. The summed E-state index contributed by atoms with van der Waals surface area (Å²) in [5.74, 6) is 1.40. The van der Waals surface area contributed by atoms with Crippen LogP contribution in [-0.2, 0) is 0 Å². The summed E-state index contributed by atoms with van der Waals surface area (Å²) in [6.45, 7) is 2.76. The molecule has 0 aromatic heterocycles. The standard InChI is InChI=1S/C20H31N3O2/c1-25-19-10-6-9-18(13-19)23-12-11-16(15-23)14-21-20(24)22-17-7-4-2-3-5-8-17/h6,9-10,13,16-17H,2-5,7-8,11-12,14-15H2,1H3,(H2,21,22,24). The Bertz CT molecular complexity index is 556. The van der Waals surface area contributed by atoms with Gasteiger partial charge in [-0.25, -0.2) is 4.79 Å². The Morgan fingerprint density at radius 1 is 1.20 bits per heavy atom. The predicted molar refractivity (Wildman–Crippen MR) is 101 cm³/mol. The molecule has 1 saturated heterocycles. The minimum Gasteiger partial charge on any atom is -0.497 e. The second-order valence-corrected chi connectivity index (χ2v) is 7.35. The second kappa shape index (κ2) is 8.97. The molecule has 1 aliphatic heterocycles. The fourth-order valence-corrected chi connectivity index (χ4v) is 3.94. The van der Waals surface area contributed by atoms with E-state index in [1.54, 1.807) is 7.11 Å². The van der Waals surface area contributed by atoms with E-state index in [1.807, 2.05) is 12.1 Å². The second-order valence-electron chi connectivity index (χ2n) is 7.35.